The fourth-order valence-electron chi connectivity index (χ4n) is 5.18. The molecule has 0 radical (unpaired) electrons. The molecule has 3 aromatic heterocycles. The third-order valence-corrected chi connectivity index (χ3v) is 6.84. The summed E-state index contributed by atoms with van der Waals surface area (Å²) in [6.07, 6.45) is 5.13. The van der Waals surface area contributed by atoms with E-state index >= 15 is 0 Å². The van der Waals surface area contributed by atoms with Crippen LogP contribution in [0.3, 0.4) is 0 Å². The van der Waals surface area contributed by atoms with Crippen molar-refractivity contribution >= 4 is 28.2 Å². The molecule has 8 heteroatoms. The number of anilines is 2. The molecule has 2 saturated heterocycles. The number of aromatic nitrogens is 5. The molecule has 1 atom stereocenters. The number of aliphatic hydroxyl groups is 1. The Morgan fingerprint density at radius 1 is 0.970 bits per heavy atom. The number of fused-ring (bicyclic) bond motifs is 2. The molecule has 0 bridgehead atoms. The number of aliphatic hydroxyl groups excluding tert-OH is 1. The van der Waals surface area contributed by atoms with Gasteiger partial charge in [-0.05, 0) is 52.2 Å². The van der Waals surface area contributed by atoms with Gasteiger partial charge in [-0.15, -0.1) is 0 Å². The Bertz CT molecular complexity index is 1360. The molecule has 1 aromatic carbocycles. The molecule has 5 heterocycles. The lowest BCUT2D eigenvalue weighted by Gasteiger charge is -2.37. The zero-order valence-electron chi connectivity index (χ0n) is 19.4. The molecule has 2 aliphatic rings. The fraction of sp³-hybridized carbons (Fsp3) is 0.440. The highest BCUT2D eigenvalue weighted by Gasteiger charge is 2.30. The molecule has 8 nitrogen and oxygen atoms in total. The van der Waals surface area contributed by atoms with Crippen LogP contribution >= 0.6 is 0 Å². The van der Waals surface area contributed by atoms with Crippen molar-refractivity contribution in [3.8, 4) is 0 Å². The molecule has 0 saturated carbocycles. The van der Waals surface area contributed by atoms with E-state index in [9.17, 15) is 5.11 Å². The number of aryl methyl sites for hydroxylation is 3. The summed E-state index contributed by atoms with van der Waals surface area (Å²) in [4.78, 5) is 19.0. The summed E-state index contributed by atoms with van der Waals surface area (Å²) >= 11 is 0. The van der Waals surface area contributed by atoms with E-state index in [2.05, 4.69) is 52.9 Å². The first kappa shape index (κ1) is 20.4. The van der Waals surface area contributed by atoms with Crippen molar-refractivity contribution in [2.24, 2.45) is 0 Å². The normalized spacial score (nSPS) is 19.5. The molecule has 1 N–H and O–H groups in total. The van der Waals surface area contributed by atoms with Crippen LogP contribution in [-0.4, -0.2) is 55.4 Å². The molecule has 4 aromatic rings. The van der Waals surface area contributed by atoms with Crippen LogP contribution in [-0.2, 0) is 0 Å². The van der Waals surface area contributed by atoms with Crippen LogP contribution in [0.5, 0.6) is 0 Å². The zero-order valence-corrected chi connectivity index (χ0v) is 19.4. The lowest BCUT2D eigenvalue weighted by Crippen LogP contribution is -2.51. The minimum absolute atomic E-state index is 0.146. The lowest BCUT2D eigenvalue weighted by atomic mass is 9.98. The molecule has 33 heavy (non-hydrogen) atoms. The summed E-state index contributed by atoms with van der Waals surface area (Å²) in [7, 11) is 0. The minimum Gasteiger partial charge on any atom is -0.389 e. The number of hydrogen-bond donors (Lipinski definition) is 1. The van der Waals surface area contributed by atoms with Gasteiger partial charge in [-0.3, -0.25) is 0 Å². The lowest BCUT2D eigenvalue weighted by molar-refractivity contribution is 0.141. The average molecular weight is 444 g/mol. The number of β-amino-alcohol motifs (C(OH)–C–C–N with tert-alkyl or cyclic N) is 1. The van der Waals surface area contributed by atoms with Crippen molar-refractivity contribution in [1.29, 1.82) is 0 Å². The maximum Gasteiger partial charge on any atom is 0.157 e. The quantitative estimate of drug-likeness (QED) is 0.519. The van der Waals surface area contributed by atoms with Gasteiger partial charge in [0.2, 0.25) is 0 Å². The highest BCUT2D eigenvalue weighted by atomic mass is 16.3. The Labute approximate surface area is 192 Å². The summed E-state index contributed by atoms with van der Waals surface area (Å²) in [6, 6.07) is 8.65. The Morgan fingerprint density at radius 2 is 1.82 bits per heavy atom. The average Bonchev–Trinajstić information content (AvgIpc) is 3.19. The molecule has 170 valence electrons. The first-order valence-corrected chi connectivity index (χ1v) is 11.8. The Kier molecular flexibility index (Phi) is 4.72. The monoisotopic (exact) mass is 443 g/mol. The highest BCUT2D eigenvalue weighted by molar-refractivity contribution is 5.90. The van der Waals surface area contributed by atoms with Crippen LogP contribution in [0.1, 0.15) is 47.9 Å². The summed E-state index contributed by atoms with van der Waals surface area (Å²) in [5, 5.41) is 15.8. The van der Waals surface area contributed by atoms with Gasteiger partial charge in [0.05, 0.1) is 23.4 Å². The van der Waals surface area contributed by atoms with E-state index in [0.29, 0.717) is 13.1 Å². The topological polar surface area (TPSA) is 82.7 Å². The fourth-order valence-corrected chi connectivity index (χ4v) is 5.18. The van der Waals surface area contributed by atoms with Crippen molar-refractivity contribution in [2.45, 2.75) is 52.2 Å². The Morgan fingerprint density at radius 3 is 2.64 bits per heavy atom. The van der Waals surface area contributed by atoms with Crippen LogP contribution in [0.4, 0.5) is 11.6 Å². The van der Waals surface area contributed by atoms with Crippen molar-refractivity contribution < 1.29 is 5.11 Å². The van der Waals surface area contributed by atoms with Gasteiger partial charge in [-0.1, -0.05) is 11.6 Å². The molecule has 2 aliphatic heterocycles. The van der Waals surface area contributed by atoms with Crippen LogP contribution in [0, 0.1) is 20.8 Å². The second kappa shape index (κ2) is 7.66. The number of hydrogen-bond acceptors (Lipinski definition) is 7. The first-order valence-electron chi connectivity index (χ1n) is 11.8. The highest BCUT2D eigenvalue weighted by Crippen LogP contribution is 2.37. The van der Waals surface area contributed by atoms with Crippen molar-refractivity contribution in [2.75, 3.05) is 29.4 Å². The number of rotatable bonds is 3. The standard InChI is InChI=1S/C25H29N7O/c1-15-7-8-20-19(10-15)25(27-17(3)26-20)31-9-5-4-6-22(31)21-11-23-28-24(30-13-18(33)14-30)16(2)12-32(23)29-21/h7-8,10-12,18,22,33H,4-6,9,13-14H2,1-3H3. The smallest absolute Gasteiger partial charge is 0.157 e. The Balaban J connectivity index is 1.42. The van der Waals surface area contributed by atoms with E-state index in [-0.39, 0.29) is 12.1 Å². The third kappa shape index (κ3) is 3.49. The van der Waals surface area contributed by atoms with E-state index < -0.39 is 0 Å². The van der Waals surface area contributed by atoms with Gasteiger partial charge in [0.15, 0.2) is 5.65 Å². The molecule has 0 aliphatic carbocycles. The van der Waals surface area contributed by atoms with Crippen LogP contribution < -0.4 is 9.80 Å². The first-order chi connectivity index (χ1) is 16.0. The molecule has 2 fully saturated rings. The third-order valence-electron chi connectivity index (χ3n) is 6.84. The molecule has 6 rings (SSSR count). The van der Waals surface area contributed by atoms with Gasteiger partial charge >= 0.3 is 0 Å². The SMILES string of the molecule is Cc1ccc2nc(C)nc(N3CCCCC3c3cc4nc(N5CC(O)C5)c(C)cn4n3)c2c1. The largest absolute Gasteiger partial charge is 0.389 e. The van der Waals surface area contributed by atoms with Crippen LogP contribution in [0.25, 0.3) is 16.6 Å². The van der Waals surface area contributed by atoms with Crippen molar-refractivity contribution in [3.63, 3.8) is 0 Å². The maximum atomic E-state index is 9.70. The van der Waals surface area contributed by atoms with E-state index in [1.165, 1.54) is 12.0 Å². The minimum atomic E-state index is -0.256. The molecular formula is C25H29N7O. The second-order valence-corrected chi connectivity index (χ2v) is 9.50. The van der Waals surface area contributed by atoms with Gasteiger partial charge < -0.3 is 14.9 Å². The van der Waals surface area contributed by atoms with Gasteiger partial charge in [0.1, 0.15) is 17.5 Å². The number of nitrogens with zero attached hydrogens (tertiary/aromatic N) is 7. The van der Waals surface area contributed by atoms with Crippen molar-refractivity contribution in [1.82, 2.24) is 24.6 Å². The maximum absolute atomic E-state index is 9.70. The molecular weight excluding hydrogens is 414 g/mol. The van der Waals surface area contributed by atoms with Gasteiger partial charge in [0, 0.05) is 42.8 Å². The second-order valence-electron chi connectivity index (χ2n) is 9.50. The van der Waals surface area contributed by atoms with Gasteiger partial charge in [-0.25, -0.2) is 19.5 Å². The van der Waals surface area contributed by atoms with E-state index in [1.54, 1.807) is 0 Å². The van der Waals surface area contributed by atoms with Gasteiger partial charge in [0.25, 0.3) is 0 Å². The van der Waals surface area contributed by atoms with Crippen molar-refractivity contribution in [3.05, 3.63) is 53.1 Å². The summed E-state index contributed by atoms with van der Waals surface area (Å²) in [5.41, 5.74) is 5.14. The van der Waals surface area contributed by atoms with Crippen LogP contribution in [0.15, 0.2) is 30.5 Å². The number of piperidine rings is 1. The number of benzene rings is 1. The molecule has 0 spiro atoms. The predicted molar refractivity (Wildman–Crippen MR) is 129 cm³/mol. The summed E-state index contributed by atoms with van der Waals surface area (Å²) < 4.78 is 1.89. The zero-order chi connectivity index (χ0) is 22.7. The molecule has 0 amide bonds. The van der Waals surface area contributed by atoms with E-state index in [4.69, 9.17) is 15.1 Å². The predicted octanol–water partition coefficient (Wildman–Crippen LogP) is 3.51. The summed E-state index contributed by atoms with van der Waals surface area (Å²) in [5.74, 6) is 2.73. The van der Waals surface area contributed by atoms with Gasteiger partial charge in [-0.2, -0.15) is 5.10 Å². The molecule has 1 unspecified atom stereocenters. The van der Waals surface area contributed by atoms with E-state index in [1.807, 2.05) is 17.6 Å². The van der Waals surface area contributed by atoms with E-state index in [0.717, 1.165) is 64.7 Å². The summed E-state index contributed by atoms with van der Waals surface area (Å²) in [6.45, 7) is 8.36. The van der Waals surface area contributed by atoms with Crippen LogP contribution in [0.2, 0.25) is 0 Å². The Hall–Kier alpha value is -3.26.